The van der Waals surface area contributed by atoms with E-state index in [4.69, 9.17) is 37.4 Å². The first-order valence-corrected chi connectivity index (χ1v) is 17.2. The summed E-state index contributed by atoms with van der Waals surface area (Å²) in [6, 6.07) is 9.85. The fraction of sp³-hybridized carbons (Fsp3) is 0.406. The zero-order valence-corrected chi connectivity index (χ0v) is 28.4. The van der Waals surface area contributed by atoms with Crippen molar-refractivity contribution in [2.45, 2.75) is 43.0 Å². The average molecular weight is 730 g/mol. The number of esters is 1. The molecule has 1 saturated carbocycles. The molecule has 0 radical (unpaired) electrons. The molecule has 11 nitrogen and oxygen atoms in total. The number of aromatic nitrogens is 1. The predicted molar refractivity (Wildman–Crippen MR) is 170 cm³/mol. The second-order valence-electron chi connectivity index (χ2n) is 11.5. The molecule has 1 saturated heterocycles. The van der Waals surface area contributed by atoms with E-state index in [2.05, 4.69) is 9.72 Å². The van der Waals surface area contributed by atoms with Crippen LogP contribution in [-0.2, 0) is 30.7 Å². The molecule has 3 aromatic rings. The van der Waals surface area contributed by atoms with E-state index in [0.717, 1.165) is 17.1 Å². The molecule has 1 aromatic heterocycles. The molecule has 2 heterocycles. The molecular formula is C32H34Cl2F2N3O8S+. The SMILES string of the molecule is CN(C)C(=O)c1cccc(S(=O)(=O)N2CCO[C@H](C(=O)O[C@@H](Cc3c(Cl)c[nH+]cc3Cl)c3ccc(OC(F)F)c(OCC4CC4)c3)C2)c1. The van der Waals surface area contributed by atoms with Crippen LogP contribution in [0, 0.1) is 5.92 Å². The second-order valence-corrected chi connectivity index (χ2v) is 14.3. The number of rotatable bonds is 13. The van der Waals surface area contributed by atoms with E-state index in [1.54, 1.807) is 14.1 Å². The Kier molecular flexibility index (Phi) is 11.4. The van der Waals surface area contributed by atoms with Crippen LogP contribution in [0.15, 0.2) is 59.8 Å². The molecular weight excluding hydrogens is 695 g/mol. The Morgan fingerprint density at radius 3 is 2.48 bits per heavy atom. The third-order valence-electron chi connectivity index (χ3n) is 7.79. The highest BCUT2D eigenvalue weighted by Crippen LogP contribution is 2.38. The monoisotopic (exact) mass is 728 g/mol. The first kappa shape index (κ1) is 35.7. The Morgan fingerprint density at radius 2 is 1.81 bits per heavy atom. The van der Waals surface area contributed by atoms with Gasteiger partial charge in [0.25, 0.3) is 5.91 Å². The molecule has 1 aliphatic heterocycles. The van der Waals surface area contributed by atoms with Crippen LogP contribution in [0.4, 0.5) is 8.78 Å². The molecule has 1 aliphatic carbocycles. The minimum absolute atomic E-state index is 0.0311. The van der Waals surface area contributed by atoms with E-state index in [9.17, 15) is 26.8 Å². The maximum atomic E-state index is 13.6. The Morgan fingerprint density at radius 1 is 1.08 bits per heavy atom. The summed E-state index contributed by atoms with van der Waals surface area (Å²) in [5, 5.41) is 0.514. The van der Waals surface area contributed by atoms with E-state index < -0.39 is 34.8 Å². The zero-order valence-electron chi connectivity index (χ0n) is 26.0. The second kappa shape index (κ2) is 15.3. The largest absolute Gasteiger partial charge is 0.489 e. The average Bonchev–Trinajstić information content (AvgIpc) is 3.89. The van der Waals surface area contributed by atoms with Gasteiger partial charge in [0.05, 0.1) is 24.7 Å². The number of nitrogens with zero attached hydrogens (tertiary/aromatic N) is 2. The number of H-pyrrole nitrogens is 1. The summed E-state index contributed by atoms with van der Waals surface area (Å²) in [6.45, 7) is -3.31. The van der Waals surface area contributed by atoms with Crippen LogP contribution in [0.5, 0.6) is 11.5 Å². The first-order valence-electron chi connectivity index (χ1n) is 15.0. The van der Waals surface area contributed by atoms with Crippen molar-refractivity contribution in [2.24, 2.45) is 5.92 Å². The van der Waals surface area contributed by atoms with Gasteiger partial charge in [-0.05, 0) is 54.7 Å². The summed E-state index contributed by atoms with van der Waals surface area (Å²) in [5.41, 5.74) is 0.983. The molecule has 2 fully saturated rings. The van der Waals surface area contributed by atoms with E-state index in [1.165, 1.54) is 59.8 Å². The third-order valence-corrected chi connectivity index (χ3v) is 10.3. The number of hydrogen-bond acceptors (Lipinski definition) is 8. The molecule has 48 heavy (non-hydrogen) atoms. The van der Waals surface area contributed by atoms with Crippen molar-refractivity contribution < 1.29 is 50.7 Å². The number of alkyl halides is 2. The van der Waals surface area contributed by atoms with E-state index in [1.807, 2.05) is 0 Å². The Balaban J connectivity index is 1.40. The van der Waals surface area contributed by atoms with E-state index in [0.29, 0.717) is 23.7 Å². The van der Waals surface area contributed by atoms with Crippen molar-refractivity contribution in [3.05, 3.63) is 81.6 Å². The molecule has 2 aliphatic rings. The highest BCUT2D eigenvalue weighted by molar-refractivity contribution is 7.89. The maximum absolute atomic E-state index is 13.6. The molecule has 2 atom stereocenters. The summed E-state index contributed by atoms with van der Waals surface area (Å²) < 4.78 is 76.7. The normalized spacial score (nSPS) is 17.5. The zero-order chi connectivity index (χ0) is 34.6. The van der Waals surface area contributed by atoms with Gasteiger partial charge >= 0.3 is 12.6 Å². The lowest BCUT2D eigenvalue weighted by Gasteiger charge is -2.32. The lowest BCUT2D eigenvalue weighted by Crippen LogP contribution is -2.49. The van der Waals surface area contributed by atoms with Gasteiger partial charge in [0, 0.05) is 38.2 Å². The van der Waals surface area contributed by atoms with E-state index >= 15 is 0 Å². The summed E-state index contributed by atoms with van der Waals surface area (Å²) in [4.78, 5) is 30.1. The third kappa shape index (κ3) is 8.72. The summed E-state index contributed by atoms with van der Waals surface area (Å²) in [7, 11) is -1.02. The molecule has 1 amide bonds. The van der Waals surface area contributed by atoms with Crippen LogP contribution < -0.4 is 14.5 Å². The number of amides is 1. The van der Waals surface area contributed by atoms with Crippen LogP contribution in [-0.4, -0.2) is 82.6 Å². The number of hydrogen-bond donors (Lipinski definition) is 0. The summed E-state index contributed by atoms with van der Waals surface area (Å²) in [6.07, 6.45) is 2.49. The van der Waals surface area contributed by atoms with Crippen molar-refractivity contribution in [1.29, 1.82) is 0 Å². The number of carbonyl (C=O) groups excluding carboxylic acids is 2. The Hall–Kier alpha value is -3.56. The molecule has 258 valence electrons. The predicted octanol–water partition coefficient (Wildman–Crippen LogP) is 4.82. The number of sulfonamides is 1. The quantitative estimate of drug-likeness (QED) is 0.230. The molecule has 5 rings (SSSR count). The van der Waals surface area contributed by atoms with E-state index in [-0.39, 0.29) is 64.0 Å². The van der Waals surface area contributed by atoms with Crippen molar-refractivity contribution in [3.8, 4) is 11.5 Å². The highest BCUT2D eigenvalue weighted by Gasteiger charge is 2.37. The number of halogens is 4. The number of nitrogens with one attached hydrogen (secondary N) is 1. The number of morpholine rings is 1. The van der Waals surface area contributed by atoms with Crippen LogP contribution in [0.25, 0.3) is 0 Å². The van der Waals surface area contributed by atoms with Crippen LogP contribution in [0.2, 0.25) is 10.0 Å². The van der Waals surface area contributed by atoms with Gasteiger partial charge < -0.3 is 23.8 Å². The first-order chi connectivity index (χ1) is 22.8. The van der Waals surface area contributed by atoms with Crippen molar-refractivity contribution in [3.63, 3.8) is 0 Å². The highest BCUT2D eigenvalue weighted by atomic mass is 35.5. The smallest absolute Gasteiger partial charge is 0.387 e. The fourth-order valence-electron chi connectivity index (χ4n) is 5.01. The van der Waals surface area contributed by atoms with Crippen molar-refractivity contribution >= 4 is 45.1 Å². The molecule has 16 heteroatoms. The number of carbonyl (C=O) groups is 2. The van der Waals surface area contributed by atoms with Gasteiger partial charge in [0.1, 0.15) is 16.1 Å². The van der Waals surface area contributed by atoms with Crippen LogP contribution in [0.3, 0.4) is 0 Å². The number of benzene rings is 2. The van der Waals surface area contributed by atoms with Crippen molar-refractivity contribution in [1.82, 2.24) is 9.21 Å². The minimum Gasteiger partial charge on any atom is -0.489 e. The fourth-order valence-corrected chi connectivity index (χ4v) is 7.01. The molecule has 0 spiro atoms. The van der Waals surface area contributed by atoms with Crippen LogP contribution >= 0.6 is 23.2 Å². The standard InChI is InChI=1S/C32H33Cl2F2N3O8S/c1-38(2)30(40)21-4-3-5-22(12-21)48(42,43)39-10-11-44-29(17-39)31(41)46-27(14-23-24(33)15-37-16-25(23)34)20-8-9-26(47-32(35)36)28(13-20)45-18-19-6-7-19/h3-5,8-9,12-13,15-16,19,27,29,32H,6-7,10-11,14,17-18H2,1-2H3/p+1/t27-,29-/m0/s1. The van der Waals surface area contributed by atoms with Gasteiger partial charge in [-0.15, -0.1) is 0 Å². The summed E-state index contributed by atoms with van der Waals surface area (Å²) >= 11 is 12.8. The van der Waals surface area contributed by atoms with Gasteiger partial charge in [-0.2, -0.15) is 13.1 Å². The molecule has 2 aromatic carbocycles. The number of ether oxygens (including phenoxy) is 4. The van der Waals surface area contributed by atoms with Crippen molar-refractivity contribution in [2.75, 3.05) is 40.4 Å². The topological polar surface area (TPSA) is 126 Å². The molecule has 0 unspecified atom stereocenters. The lowest BCUT2D eigenvalue weighted by atomic mass is 10.0. The minimum atomic E-state index is -4.13. The van der Waals surface area contributed by atoms with Gasteiger partial charge in [0.2, 0.25) is 10.0 Å². The van der Waals surface area contributed by atoms with Gasteiger partial charge in [0.15, 0.2) is 30.0 Å². The van der Waals surface area contributed by atoms with Gasteiger partial charge in [-0.1, -0.05) is 35.3 Å². The lowest BCUT2D eigenvalue weighted by molar-refractivity contribution is -0.377. The molecule has 0 bridgehead atoms. The number of pyridine rings is 1. The number of aromatic amines is 1. The van der Waals surface area contributed by atoms with Gasteiger partial charge in [-0.3, -0.25) is 4.79 Å². The maximum Gasteiger partial charge on any atom is 0.387 e. The Labute approximate surface area is 286 Å². The summed E-state index contributed by atoms with van der Waals surface area (Å²) in [5.74, 6) is -1.08. The molecule has 1 N–H and O–H groups in total. The van der Waals surface area contributed by atoms with Gasteiger partial charge in [-0.25, -0.2) is 18.2 Å². The Bertz CT molecular complexity index is 1740. The van der Waals surface area contributed by atoms with Crippen LogP contribution in [0.1, 0.15) is 40.4 Å².